The number of carbonyl (C=O) groups excluding carboxylic acids is 1. The van der Waals surface area contributed by atoms with E-state index in [1.807, 2.05) is 47.4 Å². The number of aryl methyl sites for hydroxylation is 1. The fourth-order valence-electron chi connectivity index (χ4n) is 3.78. The minimum Gasteiger partial charge on any atom is -0.497 e. The van der Waals surface area contributed by atoms with Gasteiger partial charge in [0.15, 0.2) is 5.58 Å². The summed E-state index contributed by atoms with van der Waals surface area (Å²) in [4.78, 5) is 28.8. The second kappa shape index (κ2) is 8.43. The highest BCUT2D eigenvalue weighted by molar-refractivity contribution is 5.76. The third-order valence-electron chi connectivity index (χ3n) is 5.42. The Morgan fingerprint density at radius 2 is 1.76 bits per heavy atom. The summed E-state index contributed by atoms with van der Waals surface area (Å²) < 4.78 is 12.0. The number of aromatic nitrogens is 1. The molecule has 0 N–H and O–H groups in total. The molecule has 1 aromatic heterocycles. The summed E-state index contributed by atoms with van der Waals surface area (Å²) in [6, 6.07) is 15.3. The van der Waals surface area contributed by atoms with Crippen LogP contribution in [0.25, 0.3) is 11.1 Å². The highest BCUT2D eigenvalue weighted by atomic mass is 16.5. The zero-order valence-corrected chi connectivity index (χ0v) is 16.5. The van der Waals surface area contributed by atoms with Crippen LogP contribution in [-0.2, 0) is 11.3 Å². The van der Waals surface area contributed by atoms with Gasteiger partial charge < -0.3 is 19.0 Å². The van der Waals surface area contributed by atoms with Gasteiger partial charge in [0, 0.05) is 44.8 Å². The van der Waals surface area contributed by atoms with Crippen LogP contribution >= 0.6 is 0 Å². The number of hydrogen-bond acceptors (Lipinski definition) is 5. The van der Waals surface area contributed by atoms with Gasteiger partial charge in [0.05, 0.1) is 12.6 Å². The summed E-state index contributed by atoms with van der Waals surface area (Å²) in [5.74, 6) is 0.610. The topological polar surface area (TPSA) is 67.9 Å². The zero-order chi connectivity index (χ0) is 20.2. The van der Waals surface area contributed by atoms with Crippen LogP contribution in [0.5, 0.6) is 5.75 Å². The Morgan fingerprint density at radius 1 is 1.03 bits per heavy atom. The zero-order valence-electron chi connectivity index (χ0n) is 16.5. The van der Waals surface area contributed by atoms with Crippen LogP contribution in [0.4, 0.5) is 5.69 Å². The lowest BCUT2D eigenvalue weighted by molar-refractivity contribution is -0.131. The summed E-state index contributed by atoms with van der Waals surface area (Å²) in [5, 5.41) is 0. The molecule has 1 aliphatic rings. The summed E-state index contributed by atoms with van der Waals surface area (Å²) in [5.41, 5.74) is 2.50. The summed E-state index contributed by atoms with van der Waals surface area (Å²) >= 11 is 0. The molecule has 2 aromatic carbocycles. The van der Waals surface area contributed by atoms with Crippen LogP contribution < -0.4 is 15.4 Å². The molecule has 0 atom stereocenters. The fourth-order valence-corrected chi connectivity index (χ4v) is 3.78. The Morgan fingerprint density at radius 3 is 2.48 bits per heavy atom. The minimum absolute atomic E-state index is 0.139. The van der Waals surface area contributed by atoms with Crippen molar-refractivity contribution < 1.29 is 13.9 Å². The first-order valence-corrected chi connectivity index (χ1v) is 9.91. The second-order valence-electron chi connectivity index (χ2n) is 7.16. The Bertz CT molecular complexity index is 1030. The van der Waals surface area contributed by atoms with E-state index < -0.39 is 0 Å². The molecule has 1 amide bonds. The van der Waals surface area contributed by atoms with Crippen molar-refractivity contribution in [1.29, 1.82) is 0 Å². The maximum Gasteiger partial charge on any atom is 0.419 e. The van der Waals surface area contributed by atoms with Gasteiger partial charge in [-0.1, -0.05) is 12.1 Å². The van der Waals surface area contributed by atoms with Crippen LogP contribution in [0.1, 0.15) is 12.8 Å². The van der Waals surface area contributed by atoms with Crippen molar-refractivity contribution in [1.82, 2.24) is 9.47 Å². The average molecular weight is 395 g/mol. The minimum atomic E-state index is -0.369. The van der Waals surface area contributed by atoms with E-state index in [9.17, 15) is 9.59 Å². The quantitative estimate of drug-likeness (QED) is 0.642. The third kappa shape index (κ3) is 4.13. The van der Waals surface area contributed by atoms with Gasteiger partial charge in [-0.2, -0.15) is 0 Å². The molecule has 0 saturated carbocycles. The molecule has 3 aromatic rings. The van der Waals surface area contributed by atoms with Crippen molar-refractivity contribution in [2.75, 3.05) is 38.2 Å². The third-order valence-corrected chi connectivity index (χ3v) is 5.42. The highest BCUT2D eigenvalue weighted by Gasteiger charge is 2.21. The first-order valence-electron chi connectivity index (χ1n) is 9.91. The summed E-state index contributed by atoms with van der Waals surface area (Å²) in [6.45, 7) is 3.51. The van der Waals surface area contributed by atoms with E-state index >= 15 is 0 Å². The van der Waals surface area contributed by atoms with Crippen molar-refractivity contribution in [2.24, 2.45) is 0 Å². The lowest BCUT2D eigenvalue weighted by Gasteiger charge is -2.36. The van der Waals surface area contributed by atoms with E-state index in [1.54, 1.807) is 17.7 Å². The Kier molecular flexibility index (Phi) is 5.55. The van der Waals surface area contributed by atoms with Gasteiger partial charge in [-0.25, -0.2) is 4.79 Å². The molecule has 7 nitrogen and oxygen atoms in total. The van der Waals surface area contributed by atoms with Gasteiger partial charge in [-0.15, -0.1) is 0 Å². The molecule has 29 heavy (non-hydrogen) atoms. The van der Waals surface area contributed by atoms with E-state index in [0.717, 1.165) is 30.0 Å². The van der Waals surface area contributed by atoms with Crippen LogP contribution in [0.3, 0.4) is 0 Å². The molecule has 0 unspecified atom stereocenters. The summed E-state index contributed by atoms with van der Waals surface area (Å²) in [6.07, 6.45) is 1.04. The number of ether oxygens (including phenoxy) is 1. The first kappa shape index (κ1) is 19.1. The standard InChI is InChI=1S/C22H25N3O4/c1-28-18-10-8-17(9-11-18)23-13-15-24(16-14-23)21(26)7-4-12-25-19-5-2-3-6-20(19)29-22(25)27/h2-3,5-6,8-11H,4,7,12-16H2,1H3. The SMILES string of the molecule is COc1ccc(N2CCN(C(=O)CCCn3c(=O)oc4ccccc43)CC2)cc1. The van der Waals surface area contributed by atoms with E-state index in [2.05, 4.69) is 4.90 Å². The molecule has 7 heteroatoms. The number of amides is 1. The number of carbonyl (C=O) groups is 1. The molecular weight excluding hydrogens is 370 g/mol. The number of methoxy groups -OCH3 is 1. The normalized spacial score (nSPS) is 14.4. The van der Waals surface area contributed by atoms with Crippen LogP contribution in [0, 0.1) is 0 Å². The van der Waals surface area contributed by atoms with Gasteiger partial charge in [0.1, 0.15) is 5.75 Å². The molecule has 1 saturated heterocycles. The van der Waals surface area contributed by atoms with Gasteiger partial charge >= 0.3 is 5.76 Å². The molecule has 0 radical (unpaired) electrons. The molecule has 1 fully saturated rings. The number of nitrogens with zero attached hydrogens (tertiary/aromatic N) is 3. The lowest BCUT2D eigenvalue weighted by atomic mass is 10.2. The number of fused-ring (bicyclic) bond motifs is 1. The molecule has 2 heterocycles. The van der Waals surface area contributed by atoms with Crippen LogP contribution in [0.2, 0.25) is 0 Å². The van der Waals surface area contributed by atoms with Crippen LogP contribution in [-0.4, -0.2) is 48.7 Å². The smallest absolute Gasteiger partial charge is 0.419 e. The molecule has 0 aliphatic carbocycles. The van der Waals surface area contributed by atoms with Gasteiger partial charge in [-0.05, 0) is 42.8 Å². The molecular formula is C22H25N3O4. The molecule has 4 rings (SSSR count). The van der Waals surface area contributed by atoms with Crippen LogP contribution in [0.15, 0.2) is 57.7 Å². The molecule has 152 valence electrons. The highest BCUT2D eigenvalue weighted by Crippen LogP contribution is 2.21. The van der Waals surface area contributed by atoms with Crippen molar-refractivity contribution in [2.45, 2.75) is 19.4 Å². The number of oxazole rings is 1. The Hall–Kier alpha value is -3.22. The number of rotatable bonds is 6. The van der Waals surface area contributed by atoms with E-state index in [0.29, 0.717) is 38.1 Å². The number of anilines is 1. The number of piperazine rings is 1. The predicted octanol–water partition coefficient (Wildman–Crippen LogP) is 2.73. The Labute approximate surface area is 169 Å². The van der Waals surface area contributed by atoms with E-state index in [4.69, 9.17) is 9.15 Å². The largest absolute Gasteiger partial charge is 0.497 e. The number of hydrogen-bond donors (Lipinski definition) is 0. The number of para-hydroxylation sites is 2. The van der Waals surface area contributed by atoms with Crippen molar-refractivity contribution in [3.63, 3.8) is 0 Å². The average Bonchev–Trinajstić information content (AvgIpc) is 3.09. The summed E-state index contributed by atoms with van der Waals surface area (Å²) in [7, 11) is 1.66. The van der Waals surface area contributed by atoms with Gasteiger partial charge in [0.25, 0.3) is 0 Å². The monoisotopic (exact) mass is 395 g/mol. The predicted molar refractivity (Wildman–Crippen MR) is 111 cm³/mol. The number of benzene rings is 2. The Balaban J connectivity index is 1.27. The maximum absolute atomic E-state index is 12.6. The maximum atomic E-state index is 12.6. The van der Waals surface area contributed by atoms with Gasteiger partial charge in [-0.3, -0.25) is 9.36 Å². The van der Waals surface area contributed by atoms with Gasteiger partial charge in [0.2, 0.25) is 5.91 Å². The first-order chi connectivity index (χ1) is 14.2. The second-order valence-corrected chi connectivity index (χ2v) is 7.16. The van der Waals surface area contributed by atoms with Crippen molar-refractivity contribution in [3.8, 4) is 5.75 Å². The lowest BCUT2D eigenvalue weighted by Crippen LogP contribution is -2.48. The van der Waals surface area contributed by atoms with E-state index in [1.165, 1.54) is 0 Å². The van der Waals surface area contributed by atoms with Crippen molar-refractivity contribution in [3.05, 3.63) is 59.1 Å². The molecule has 0 spiro atoms. The fraction of sp³-hybridized carbons (Fsp3) is 0.364. The molecule has 1 aliphatic heterocycles. The van der Waals surface area contributed by atoms with E-state index in [-0.39, 0.29) is 11.7 Å². The van der Waals surface area contributed by atoms with Crippen molar-refractivity contribution >= 4 is 22.7 Å². The molecule has 0 bridgehead atoms.